The Balaban J connectivity index is 2.14. The number of nitrogens with one attached hydrogen (secondary N) is 1. The van der Waals surface area contributed by atoms with Gasteiger partial charge in [-0.3, -0.25) is 9.78 Å². The fraction of sp³-hybridized carbons (Fsp3) is 0.0833. The highest BCUT2D eigenvalue weighted by Crippen LogP contribution is 2.09. The molecule has 0 saturated heterocycles. The molecule has 5 heteroatoms. The quantitative estimate of drug-likeness (QED) is 0.818. The molecule has 17 heavy (non-hydrogen) atoms. The van der Waals surface area contributed by atoms with E-state index < -0.39 is 0 Å². The van der Waals surface area contributed by atoms with Crippen molar-refractivity contribution in [3.05, 3.63) is 47.9 Å². The SMILES string of the molecule is Cc1ccc(NC(=O)c2ccnc(N)c2)cn1. The van der Waals surface area contributed by atoms with E-state index in [9.17, 15) is 4.79 Å². The minimum absolute atomic E-state index is 0.232. The Labute approximate surface area is 98.7 Å². The Morgan fingerprint density at radius 3 is 2.76 bits per heavy atom. The van der Waals surface area contributed by atoms with Gasteiger partial charge in [0.15, 0.2) is 0 Å². The van der Waals surface area contributed by atoms with E-state index in [2.05, 4.69) is 15.3 Å². The predicted molar refractivity (Wildman–Crippen MR) is 65.6 cm³/mol. The van der Waals surface area contributed by atoms with Crippen molar-refractivity contribution in [1.29, 1.82) is 0 Å². The Morgan fingerprint density at radius 2 is 2.12 bits per heavy atom. The molecule has 86 valence electrons. The van der Waals surface area contributed by atoms with Crippen molar-refractivity contribution in [2.24, 2.45) is 0 Å². The molecule has 0 fully saturated rings. The molecule has 0 aliphatic carbocycles. The Kier molecular flexibility index (Phi) is 3.00. The summed E-state index contributed by atoms with van der Waals surface area (Å²) in [6, 6.07) is 6.76. The molecule has 3 N–H and O–H groups in total. The number of nitrogens with zero attached hydrogens (tertiary/aromatic N) is 2. The molecule has 0 radical (unpaired) electrons. The number of amides is 1. The predicted octanol–water partition coefficient (Wildman–Crippen LogP) is 1.62. The number of pyridine rings is 2. The standard InChI is InChI=1S/C12H12N4O/c1-8-2-3-10(7-15-8)16-12(17)9-4-5-14-11(13)6-9/h2-7H,1H3,(H2,13,14)(H,16,17). The molecular formula is C12H12N4O. The van der Waals surface area contributed by atoms with Gasteiger partial charge < -0.3 is 11.1 Å². The zero-order chi connectivity index (χ0) is 12.3. The van der Waals surface area contributed by atoms with Crippen molar-refractivity contribution in [2.75, 3.05) is 11.1 Å². The minimum atomic E-state index is -0.232. The zero-order valence-corrected chi connectivity index (χ0v) is 9.34. The number of carbonyl (C=O) groups is 1. The first-order valence-electron chi connectivity index (χ1n) is 5.11. The maximum absolute atomic E-state index is 11.8. The van der Waals surface area contributed by atoms with Gasteiger partial charge in [0.1, 0.15) is 5.82 Å². The van der Waals surface area contributed by atoms with Crippen molar-refractivity contribution in [3.8, 4) is 0 Å². The van der Waals surface area contributed by atoms with Crippen molar-refractivity contribution in [3.63, 3.8) is 0 Å². The van der Waals surface area contributed by atoms with Gasteiger partial charge in [-0.15, -0.1) is 0 Å². The molecule has 0 aliphatic rings. The molecule has 5 nitrogen and oxygen atoms in total. The second kappa shape index (κ2) is 4.61. The van der Waals surface area contributed by atoms with Crippen LogP contribution in [0.1, 0.15) is 16.1 Å². The lowest BCUT2D eigenvalue weighted by Gasteiger charge is -2.05. The van der Waals surface area contributed by atoms with Crippen LogP contribution in [-0.4, -0.2) is 15.9 Å². The van der Waals surface area contributed by atoms with Gasteiger partial charge in [-0.2, -0.15) is 0 Å². The van der Waals surface area contributed by atoms with Crippen molar-refractivity contribution in [1.82, 2.24) is 9.97 Å². The van der Waals surface area contributed by atoms with Gasteiger partial charge >= 0.3 is 0 Å². The first kappa shape index (κ1) is 11.1. The highest BCUT2D eigenvalue weighted by molar-refractivity contribution is 6.04. The van der Waals surface area contributed by atoms with Gasteiger partial charge in [0.2, 0.25) is 0 Å². The average molecular weight is 228 g/mol. The van der Waals surface area contributed by atoms with Crippen LogP contribution in [-0.2, 0) is 0 Å². The van der Waals surface area contributed by atoms with Gasteiger partial charge in [-0.05, 0) is 31.2 Å². The van der Waals surface area contributed by atoms with Crippen LogP contribution in [0.5, 0.6) is 0 Å². The Bertz CT molecular complexity index is 536. The molecule has 2 aromatic rings. The molecule has 2 aromatic heterocycles. The number of hydrogen-bond acceptors (Lipinski definition) is 4. The number of aromatic nitrogens is 2. The molecule has 2 heterocycles. The van der Waals surface area contributed by atoms with E-state index in [1.807, 2.05) is 13.0 Å². The summed E-state index contributed by atoms with van der Waals surface area (Å²) in [4.78, 5) is 19.7. The Hall–Kier alpha value is -2.43. The highest BCUT2D eigenvalue weighted by Gasteiger charge is 2.06. The molecule has 0 saturated carbocycles. The number of carbonyl (C=O) groups excluding carboxylic acids is 1. The summed E-state index contributed by atoms with van der Waals surface area (Å²) in [5.41, 5.74) is 7.52. The summed E-state index contributed by atoms with van der Waals surface area (Å²) < 4.78 is 0. The molecule has 2 rings (SSSR count). The van der Waals surface area contributed by atoms with Crippen LogP contribution < -0.4 is 11.1 Å². The second-order valence-corrected chi connectivity index (χ2v) is 3.61. The minimum Gasteiger partial charge on any atom is -0.384 e. The summed E-state index contributed by atoms with van der Waals surface area (Å²) in [7, 11) is 0. The summed E-state index contributed by atoms with van der Waals surface area (Å²) in [6.07, 6.45) is 3.11. The lowest BCUT2D eigenvalue weighted by atomic mass is 10.2. The van der Waals surface area contributed by atoms with Gasteiger partial charge in [0.25, 0.3) is 5.91 Å². The van der Waals surface area contributed by atoms with Crippen LogP contribution in [0.25, 0.3) is 0 Å². The van der Waals surface area contributed by atoms with Gasteiger partial charge in [-0.25, -0.2) is 4.98 Å². The van der Waals surface area contributed by atoms with Gasteiger partial charge in [-0.1, -0.05) is 0 Å². The molecule has 1 amide bonds. The summed E-state index contributed by atoms with van der Waals surface area (Å²) >= 11 is 0. The topological polar surface area (TPSA) is 80.9 Å². The summed E-state index contributed by atoms with van der Waals surface area (Å²) in [5, 5.41) is 2.73. The number of aryl methyl sites for hydroxylation is 1. The fourth-order valence-corrected chi connectivity index (χ4v) is 1.33. The second-order valence-electron chi connectivity index (χ2n) is 3.61. The molecule has 0 aromatic carbocycles. The van der Waals surface area contributed by atoms with Gasteiger partial charge in [0.05, 0.1) is 11.9 Å². The number of nitrogen functional groups attached to an aromatic ring is 1. The van der Waals surface area contributed by atoms with Crippen LogP contribution in [0.4, 0.5) is 11.5 Å². The van der Waals surface area contributed by atoms with Gasteiger partial charge in [0, 0.05) is 17.5 Å². The zero-order valence-electron chi connectivity index (χ0n) is 9.34. The van der Waals surface area contributed by atoms with Crippen LogP contribution in [0, 0.1) is 6.92 Å². The lowest BCUT2D eigenvalue weighted by molar-refractivity contribution is 0.102. The van der Waals surface area contributed by atoms with E-state index >= 15 is 0 Å². The number of hydrogen-bond donors (Lipinski definition) is 2. The van der Waals surface area contributed by atoms with Crippen molar-refractivity contribution >= 4 is 17.4 Å². The molecule has 0 bridgehead atoms. The summed E-state index contributed by atoms with van der Waals surface area (Å²) in [6.45, 7) is 1.88. The van der Waals surface area contributed by atoms with E-state index in [0.717, 1.165) is 5.69 Å². The monoisotopic (exact) mass is 228 g/mol. The third kappa shape index (κ3) is 2.78. The molecular weight excluding hydrogens is 216 g/mol. The van der Waals surface area contributed by atoms with Crippen molar-refractivity contribution in [2.45, 2.75) is 6.92 Å². The van der Waals surface area contributed by atoms with Crippen LogP contribution in [0.3, 0.4) is 0 Å². The van der Waals surface area contributed by atoms with Crippen LogP contribution in [0.2, 0.25) is 0 Å². The first-order valence-corrected chi connectivity index (χ1v) is 5.11. The normalized spacial score (nSPS) is 9.94. The van der Waals surface area contributed by atoms with Crippen molar-refractivity contribution < 1.29 is 4.79 Å². The molecule has 0 spiro atoms. The van der Waals surface area contributed by atoms with E-state index in [-0.39, 0.29) is 5.91 Å². The van der Waals surface area contributed by atoms with Crippen LogP contribution >= 0.6 is 0 Å². The van der Waals surface area contributed by atoms with E-state index in [1.165, 1.54) is 12.3 Å². The maximum Gasteiger partial charge on any atom is 0.255 e. The van der Waals surface area contributed by atoms with E-state index in [0.29, 0.717) is 17.1 Å². The number of nitrogens with two attached hydrogens (primary N) is 1. The smallest absolute Gasteiger partial charge is 0.255 e. The molecule has 0 unspecified atom stereocenters. The third-order valence-electron chi connectivity index (χ3n) is 2.21. The van der Waals surface area contributed by atoms with Crippen LogP contribution in [0.15, 0.2) is 36.7 Å². The van der Waals surface area contributed by atoms with E-state index in [4.69, 9.17) is 5.73 Å². The maximum atomic E-state index is 11.8. The fourth-order valence-electron chi connectivity index (χ4n) is 1.33. The number of anilines is 2. The Morgan fingerprint density at radius 1 is 1.29 bits per heavy atom. The van der Waals surface area contributed by atoms with E-state index in [1.54, 1.807) is 18.3 Å². The largest absolute Gasteiger partial charge is 0.384 e. The number of rotatable bonds is 2. The lowest BCUT2D eigenvalue weighted by Crippen LogP contribution is -2.12. The molecule has 0 aliphatic heterocycles. The third-order valence-corrected chi connectivity index (χ3v) is 2.21. The molecule has 0 atom stereocenters. The average Bonchev–Trinajstić information content (AvgIpc) is 2.32. The first-order chi connectivity index (χ1) is 8.15. The summed E-state index contributed by atoms with van der Waals surface area (Å²) in [5.74, 6) is 0.0874. The highest BCUT2D eigenvalue weighted by atomic mass is 16.1.